The zero-order chi connectivity index (χ0) is 10.7. The van der Waals surface area contributed by atoms with Crippen LogP contribution in [0, 0.1) is 12.7 Å². The van der Waals surface area contributed by atoms with Gasteiger partial charge in [0.1, 0.15) is 5.82 Å². The van der Waals surface area contributed by atoms with Gasteiger partial charge in [0.05, 0.1) is 0 Å². The molecule has 0 spiro atoms. The molecule has 0 aliphatic heterocycles. The Morgan fingerprint density at radius 2 is 1.93 bits per heavy atom. The quantitative estimate of drug-likeness (QED) is 0.676. The van der Waals surface area contributed by atoms with Crippen LogP contribution in [0.1, 0.15) is 49.8 Å². The first kappa shape index (κ1) is 11.2. The average molecular weight is 194 g/mol. The number of aryl methyl sites for hydroxylation is 2. The molecule has 1 heteroatoms. The first-order valence-corrected chi connectivity index (χ1v) is 5.35. The lowest BCUT2D eigenvalue weighted by molar-refractivity contribution is 0.620. The number of hydrogen-bond acceptors (Lipinski definition) is 0. The Bertz CT molecular complexity index is 313. The van der Waals surface area contributed by atoms with Crippen LogP contribution in [0.4, 0.5) is 4.39 Å². The van der Waals surface area contributed by atoms with Gasteiger partial charge in [-0.1, -0.05) is 27.2 Å². The highest BCUT2D eigenvalue weighted by Crippen LogP contribution is 2.25. The zero-order valence-corrected chi connectivity index (χ0v) is 9.52. The Morgan fingerprint density at radius 1 is 1.29 bits per heavy atom. The minimum Gasteiger partial charge on any atom is -0.207 e. The molecule has 0 nitrogen and oxygen atoms in total. The molecule has 0 heterocycles. The van der Waals surface area contributed by atoms with E-state index in [0.717, 1.165) is 18.4 Å². The van der Waals surface area contributed by atoms with Crippen LogP contribution in [-0.4, -0.2) is 0 Å². The molecule has 0 aromatic heterocycles. The number of hydrogen-bond donors (Lipinski definition) is 0. The van der Waals surface area contributed by atoms with Gasteiger partial charge in [0.2, 0.25) is 0 Å². The second kappa shape index (κ2) is 4.59. The summed E-state index contributed by atoms with van der Waals surface area (Å²) in [6, 6.07) is 3.32. The van der Waals surface area contributed by atoms with Crippen molar-refractivity contribution < 1.29 is 4.39 Å². The van der Waals surface area contributed by atoms with Gasteiger partial charge in [-0.25, -0.2) is 4.39 Å². The van der Waals surface area contributed by atoms with E-state index in [-0.39, 0.29) is 5.82 Å². The summed E-state index contributed by atoms with van der Waals surface area (Å²) in [7, 11) is 0. The monoisotopic (exact) mass is 194 g/mol. The van der Waals surface area contributed by atoms with Gasteiger partial charge in [-0.3, -0.25) is 0 Å². The fraction of sp³-hybridized carbons (Fsp3) is 0.538. The zero-order valence-electron chi connectivity index (χ0n) is 9.52. The molecule has 0 atom stereocenters. The molecule has 1 aromatic rings. The van der Waals surface area contributed by atoms with E-state index in [1.54, 1.807) is 12.1 Å². The van der Waals surface area contributed by atoms with E-state index >= 15 is 0 Å². The lowest BCUT2D eigenvalue weighted by Gasteiger charge is -2.15. The van der Waals surface area contributed by atoms with Crippen molar-refractivity contribution in [2.24, 2.45) is 0 Å². The van der Waals surface area contributed by atoms with Gasteiger partial charge >= 0.3 is 0 Å². The van der Waals surface area contributed by atoms with E-state index in [4.69, 9.17) is 0 Å². The lowest BCUT2D eigenvalue weighted by Crippen LogP contribution is -2.00. The molecule has 0 amide bonds. The molecular formula is C13H19F. The van der Waals surface area contributed by atoms with Crippen LogP contribution in [0.15, 0.2) is 12.1 Å². The normalized spacial score (nSPS) is 11.0. The van der Waals surface area contributed by atoms with E-state index in [1.807, 2.05) is 6.92 Å². The van der Waals surface area contributed by atoms with Crippen molar-refractivity contribution in [3.05, 3.63) is 34.6 Å². The van der Waals surface area contributed by atoms with Crippen molar-refractivity contribution in [2.75, 3.05) is 0 Å². The molecule has 0 unspecified atom stereocenters. The van der Waals surface area contributed by atoms with E-state index in [0.29, 0.717) is 5.92 Å². The Hall–Kier alpha value is -0.850. The maximum atomic E-state index is 13.2. The number of rotatable bonds is 3. The van der Waals surface area contributed by atoms with Crippen LogP contribution in [0.25, 0.3) is 0 Å². The van der Waals surface area contributed by atoms with Crippen molar-refractivity contribution in [2.45, 2.75) is 46.5 Å². The van der Waals surface area contributed by atoms with Crippen molar-refractivity contribution in [3.63, 3.8) is 0 Å². The summed E-state index contributed by atoms with van der Waals surface area (Å²) in [5.41, 5.74) is 3.59. The smallest absolute Gasteiger partial charge is 0.123 e. The number of benzene rings is 1. The first-order valence-electron chi connectivity index (χ1n) is 5.35. The van der Waals surface area contributed by atoms with Crippen molar-refractivity contribution >= 4 is 0 Å². The van der Waals surface area contributed by atoms with Gasteiger partial charge < -0.3 is 0 Å². The Balaban J connectivity index is 3.21. The summed E-state index contributed by atoms with van der Waals surface area (Å²) < 4.78 is 13.2. The van der Waals surface area contributed by atoms with Crippen LogP contribution in [-0.2, 0) is 6.42 Å². The predicted octanol–water partition coefficient (Wildman–Crippen LogP) is 4.21. The van der Waals surface area contributed by atoms with Crippen LogP contribution < -0.4 is 0 Å². The first-order chi connectivity index (χ1) is 6.56. The van der Waals surface area contributed by atoms with Crippen LogP contribution >= 0.6 is 0 Å². The summed E-state index contributed by atoms with van der Waals surface area (Å²) in [6.07, 6.45) is 2.05. The topological polar surface area (TPSA) is 0 Å². The largest absolute Gasteiger partial charge is 0.207 e. The Morgan fingerprint density at radius 3 is 2.43 bits per heavy atom. The Kier molecular flexibility index (Phi) is 3.68. The molecule has 0 saturated heterocycles. The average Bonchev–Trinajstić information content (AvgIpc) is 2.01. The fourth-order valence-corrected chi connectivity index (χ4v) is 2.13. The molecule has 0 aliphatic carbocycles. The minimum atomic E-state index is -0.102. The molecule has 1 aromatic carbocycles. The van der Waals surface area contributed by atoms with Gasteiger partial charge in [0, 0.05) is 0 Å². The van der Waals surface area contributed by atoms with E-state index in [1.165, 1.54) is 11.1 Å². The molecule has 1 rings (SSSR count). The minimum absolute atomic E-state index is 0.102. The van der Waals surface area contributed by atoms with Gasteiger partial charge in [0.15, 0.2) is 0 Å². The summed E-state index contributed by atoms with van der Waals surface area (Å²) in [5, 5.41) is 0. The molecule has 14 heavy (non-hydrogen) atoms. The van der Waals surface area contributed by atoms with E-state index < -0.39 is 0 Å². The van der Waals surface area contributed by atoms with Gasteiger partial charge in [-0.2, -0.15) is 0 Å². The molecule has 78 valence electrons. The summed E-state index contributed by atoms with van der Waals surface area (Å²) in [4.78, 5) is 0. The Labute approximate surface area is 86.2 Å². The maximum absolute atomic E-state index is 13.2. The second-order valence-electron chi connectivity index (χ2n) is 4.20. The highest BCUT2D eigenvalue weighted by atomic mass is 19.1. The third kappa shape index (κ3) is 2.34. The van der Waals surface area contributed by atoms with E-state index in [2.05, 4.69) is 20.8 Å². The standard InChI is InChI=1S/C13H19F/c1-5-6-11-8-12(14)7-10(4)13(11)9(2)3/h7-9H,5-6H2,1-4H3. The van der Waals surface area contributed by atoms with Gasteiger partial charge in [0.25, 0.3) is 0 Å². The molecule has 0 fully saturated rings. The predicted molar refractivity (Wildman–Crippen MR) is 59.2 cm³/mol. The van der Waals surface area contributed by atoms with Crippen LogP contribution in [0.2, 0.25) is 0 Å². The number of halogens is 1. The third-order valence-electron chi connectivity index (χ3n) is 2.53. The molecule has 0 aliphatic rings. The van der Waals surface area contributed by atoms with Crippen molar-refractivity contribution in [3.8, 4) is 0 Å². The molecule has 0 N–H and O–H groups in total. The molecular weight excluding hydrogens is 175 g/mol. The lowest BCUT2D eigenvalue weighted by atomic mass is 9.90. The maximum Gasteiger partial charge on any atom is 0.123 e. The summed E-state index contributed by atoms with van der Waals surface area (Å²) in [5.74, 6) is 0.382. The van der Waals surface area contributed by atoms with E-state index in [9.17, 15) is 4.39 Å². The molecule has 0 bridgehead atoms. The fourth-order valence-electron chi connectivity index (χ4n) is 2.13. The summed E-state index contributed by atoms with van der Waals surface area (Å²) in [6.45, 7) is 8.46. The summed E-state index contributed by atoms with van der Waals surface area (Å²) >= 11 is 0. The molecule has 0 saturated carbocycles. The van der Waals surface area contributed by atoms with Gasteiger partial charge in [-0.05, 0) is 48.1 Å². The van der Waals surface area contributed by atoms with Crippen LogP contribution in [0.5, 0.6) is 0 Å². The molecule has 0 radical (unpaired) electrons. The second-order valence-corrected chi connectivity index (χ2v) is 4.20. The highest BCUT2D eigenvalue weighted by molar-refractivity contribution is 5.37. The third-order valence-corrected chi connectivity index (χ3v) is 2.53. The van der Waals surface area contributed by atoms with Crippen molar-refractivity contribution in [1.82, 2.24) is 0 Å². The van der Waals surface area contributed by atoms with Crippen molar-refractivity contribution in [1.29, 1.82) is 0 Å². The SMILES string of the molecule is CCCc1cc(F)cc(C)c1C(C)C. The van der Waals surface area contributed by atoms with Crippen LogP contribution in [0.3, 0.4) is 0 Å². The van der Waals surface area contributed by atoms with Gasteiger partial charge in [-0.15, -0.1) is 0 Å². The highest BCUT2D eigenvalue weighted by Gasteiger charge is 2.10.